The number of ketones is 1. The fourth-order valence-corrected chi connectivity index (χ4v) is 4.81. The summed E-state index contributed by atoms with van der Waals surface area (Å²) < 4.78 is 25.9. The first kappa shape index (κ1) is 23.0. The molecule has 1 atom stereocenters. The van der Waals surface area contributed by atoms with E-state index in [1.54, 1.807) is 32.4 Å². The number of carbonyl (C=O) groups is 1. The molecule has 1 saturated heterocycles. The number of aryl methyl sites for hydroxylation is 2. The standard InChI is InChI=1S/C27H27FN4O3/c1-18-25(19(2)35-30-18)24(33)17-20-8-9-23(22(28)16-20)31-11-13-32(14-12-31)26(27-29-10-15-34-27)21-6-4-3-5-7-21/h3-10,15-16,26H,11-14,17H2,1-2H3. The Labute approximate surface area is 203 Å². The Hall–Kier alpha value is -3.78. The molecule has 8 heteroatoms. The molecule has 1 fully saturated rings. The molecule has 0 radical (unpaired) electrons. The fourth-order valence-electron chi connectivity index (χ4n) is 4.81. The van der Waals surface area contributed by atoms with Gasteiger partial charge in [0.1, 0.15) is 23.9 Å². The highest BCUT2D eigenvalue weighted by atomic mass is 19.1. The topological polar surface area (TPSA) is 75.6 Å². The van der Waals surface area contributed by atoms with Crippen molar-refractivity contribution in [3.8, 4) is 0 Å². The monoisotopic (exact) mass is 474 g/mol. The van der Waals surface area contributed by atoms with Crippen LogP contribution in [0.15, 0.2) is 69.9 Å². The molecule has 1 unspecified atom stereocenters. The van der Waals surface area contributed by atoms with Crippen molar-refractivity contribution in [2.45, 2.75) is 26.3 Å². The van der Waals surface area contributed by atoms with Gasteiger partial charge in [0.2, 0.25) is 5.89 Å². The average Bonchev–Trinajstić information content (AvgIpc) is 3.50. The lowest BCUT2D eigenvalue weighted by Gasteiger charge is -2.39. The van der Waals surface area contributed by atoms with Crippen LogP contribution in [-0.2, 0) is 6.42 Å². The maximum absolute atomic E-state index is 15.1. The van der Waals surface area contributed by atoms with Crippen molar-refractivity contribution in [2.75, 3.05) is 31.1 Å². The number of benzene rings is 2. The zero-order valence-corrected chi connectivity index (χ0v) is 19.8. The number of halogens is 1. The second-order valence-corrected chi connectivity index (χ2v) is 8.79. The highest BCUT2D eigenvalue weighted by Crippen LogP contribution is 2.30. The van der Waals surface area contributed by atoms with Crippen molar-refractivity contribution in [3.05, 3.63) is 101 Å². The van der Waals surface area contributed by atoms with Crippen molar-refractivity contribution < 1.29 is 18.1 Å². The van der Waals surface area contributed by atoms with Crippen molar-refractivity contribution in [2.24, 2.45) is 0 Å². The number of anilines is 1. The largest absolute Gasteiger partial charge is 0.447 e. The Balaban J connectivity index is 1.27. The second-order valence-electron chi connectivity index (χ2n) is 8.79. The minimum absolute atomic E-state index is 0.0871. The molecular weight excluding hydrogens is 447 g/mol. The Kier molecular flexibility index (Phi) is 6.46. The molecule has 0 amide bonds. The number of aromatic nitrogens is 2. The number of Topliss-reactive ketones (excluding diaryl/α,β-unsaturated/α-hetero) is 1. The number of rotatable bonds is 7. The Bertz CT molecular complexity index is 1280. The Morgan fingerprint density at radius 3 is 2.49 bits per heavy atom. The lowest BCUT2D eigenvalue weighted by Crippen LogP contribution is -2.48. The van der Waals surface area contributed by atoms with Gasteiger partial charge in [-0.15, -0.1) is 0 Å². The van der Waals surface area contributed by atoms with Gasteiger partial charge in [-0.1, -0.05) is 41.6 Å². The van der Waals surface area contributed by atoms with Gasteiger partial charge in [0.15, 0.2) is 5.78 Å². The minimum Gasteiger partial charge on any atom is -0.447 e. The van der Waals surface area contributed by atoms with E-state index >= 15 is 4.39 Å². The number of nitrogens with zero attached hydrogens (tertiary/aromatic N) is 4. The maximum atomic E-state index is 15.1. The van der Waals surface area contributed by atoms with Gasteiger partial charge in [0.05, 0.1) is 23.1 Å². The average molecular weight is 475 g/mol. The van der Waals surface area contributed by atoms with Crippen LogP contribution in [0.3, 0.4) is 0 Å². The van der Waals surface area contributed by atoms with E-state index in [-0.39, 0.29) is 24.1 Å². The van der Waals surface area contributed by atoms with Gasteiger partial charge in [-0.05, 0) is 37.1 Å². The van der Waals surface area contributed by atoms with Crippen LogP contribution in [-0.4, -0.2) is 47.0 Å². The Morgan fingerprint density at radius 1 is 1.09 bits per heavy atom. The predicted molar refractivity (Wildman–Crippen MR) is 129 cm³/mol. The van der Waals surface area contributed by atoms with Crippen molar-refractivity contribution in [1.29, 1.82) is 0 Å². The highest BCUT2D eigenvalue weighted by Gasteiger charge is 2.30. The molecule has 180 valence electrons. The third-order valence-corrected chi connectivity index (χ3v) is 6.51. The minimum atomic E-state index is -0.324. The molecule has 2 aromatic heterocycles. The number of piperazine rings is 1. The van der Waals surface area contributed by atoms with Crippen LogP contribution < -0.4 is 4.90 Å². The number of oxazole rings is 1. The third-order valence-electron chi connectivity index (χ3n) is 6.51. The second kappa shape index (κ2) is 9.84. The molecule has 0 N–H and O–H groups in total. The molecule has 5 rings (SSSR count). The molecule has 0 spiro atoms. The van der Waals surface area contributed by atoms with E-state index in [0.717, 1.165) is 18.7 Å². The quantitative estimate of drug-likeness (QED) is 0.358. The SMILES string of the molecule is Cc1noc(C)c1C(=O)Cc1ccc(N2CCN(C(c3ccccc3)c3ncco3)CC2)c(F)c1. The first-order valence-electron chi connectivity index (χ1n) is 11.7. The summed E-state index contributed by atoms with van der Waals surface area (Å²) in [5.74, 6) is 0.694. The summed E-state index contributed by atoms with van der Waals surface area (Å²) in [7, 11) is 0. The van der Waals surface area contributed by atoms with E-state index in [1.807, 2.05) is 29.2 Å². The molecular formula is C27H27FN4O3. The van der Waals surface area contributed by atoms with Crippen molar-refractivity contribution >= 4 is 11.5 Å². The number of hydrogen-bond donors (Lipinski definition) is 0. The van der Waals surface area contributed by atoms with Crippen LogP contribution in [0.1, 0.15) is 44.9 Å². The summed E-state index contributed by atoms with van der Waals surface area (Å²) in [6.07, 6.45) is 3.35. The molecule has 7 nitrogen and oxygen atoms in total. The molecule has 0 saturated carbocycles. The van der Waals surface area contributed by atoms with Gasteiger partial charge in [0, 0.05) is 32.6 Å². The third kappa shape index (κ3) is 4.74. The lowest BCUT2D eigenvalue weighted by atomic mass is 10.0. The zero-order valence-electron chi connectivity index (χ0n) is 19.8. The predicted octanol–water partition coefficient (Wildman–Crippen LogP) is 4.76. The van der Waals surface area contributed by atoms with E-state index in [4.69, 9.17) is 8.94 Å². The van der Waals surface area contributed by atoms with Crippen LogP contribution in [0.2, 0.25) is 0 Å². The molecule has 2 aromatic carbocycles. The number of hydrogen-bond acceptors (Lipinski definition) is 7. The Morgan fingerprint density at radius 2 is 1.86 bits per heavy atom. The maximum Gasteiger partial charge on any atom is 0.215 e. The van der Waals surface area contributed by atoms with Gasteiger partial charge >= 0.3 is 0 Å². The summed E-state index contributed by atoms with van der Waals surface area (Å²) in [6, 6.07) is 15.1. The summed E-state index contributed by atoms with van der Waals surface area (Å²) in [4.78, 5) is 21.4. The van der Waals surface area contributed by atoms with Crippen molar-refractivity contribution in [1.82, 2.24) is 15.0 Å². The van der Waals surface area contributed by atoms with Gasteiger partial charge in [0.25, 0.3) is 0 Å². The van der Waals surface area contributed by atoms with E-state index in [1.165, 1.54) is 6.07 Å². The van der Waals surface area contributed by atoms with Crippen LogP contribution >= 0.6 is 0 Å². The molecule has 1 aliphatic heterocycles. The lowest BCUT2D eigenvalue weighted by molar-refractivity contribution is 0.0991. The van der Waals surface area contributed by atoms with Crippen LogP contribution in [0.25, 0.3) is 0 Å². The van der Waals surface area contributed by atoms with E-state index in [0.29, 0.717) is 47.2 Å². The summed E-state index contributed by atoms with van der Waals surface area (Å²) >= 11 is 0. The van der Waals surface area contributed by atoms with E-state index in [9.17, 15) is 4.79 Å². The zero-order chi connectivity index (χ0) is 24.4. The van der Waals surface area contributed by atoms with Crippen LogP contribution in [0, 0.1) is 19.7 Å². The van der Waals surface area contributed by atoms with Crippen LogP contribution in [0.5, 0.6) is 0 Å². The molecule has 35 heavy (non-hydrogen) atoms. The fraction of sp³-hybridized carbons (Fsp3) is 0.296. The summed E-state index contributed by atoms with van der Waals surface area (Å²) in [5, 5.41) is 3.84. The normalized spacial score (nSPS) is 15.3. The number of carbonyl (C=O) groups excluding carboxylic acids is 1. The smallest absolute Gasteiger partial charge is 0.215 e. The first-order chi connectivity index (χ1) is 17.0. The molecule has 3 heterocycles. The van der Waals surface area contributed by atoms with Crippen molar-refractivity contribution in [3.63, 3.8) is 0 Å². The summed E-state index contributed by atoms with van der Waals surface area (Å²) in [5.41, 5.74) is 3.32. The van der Waals surface area contributed by atoms with Gasteiger partial charge in [-0.25, -0.2) is 9.37 Å². The highest BCUT2D eigenvalue weighted by molar-refractivity contribution is 5.99. The van der Waals surface area contributed by atoms with Gasteiger partial charge in [-0.3, -0.25) is 9.69 Å². The molecule has 0 bridgehead atoms. The molecule has 4 aromatic rings. The first-order valence-corrected chi connectivity index (χ1v) is 11.7. The van der Waals surface area contributed by atoms with Gasteiger partial charge < -0.3 is 13.8 Å². The van der Waals surface area contributed by atoms with E-state index < -0.39 is 0 Å². The molecule has 1 aliphatic rings. The van der Waals surface area contributed by atoms with E-state index in [2.05, 4.69) is 27.2 Å². The van der Waals surface area contributed by atoms with Crippen LogP contribution in [0.4, 0.5) is 10.1 Å². The van der Waals surface area contributed by atoms with Gasteiger partial charge in [-0.2, -0.15) is 0 Å². The molecule has 0 aliphatic carbocycles. The summed E-state index contributed by atoms with van der Waals surface area (Å²) in [6.45, 7) is 6.23.